The van der Waals surface area contributed by atoms with Gasteiger partial charge in [0.25, 0.3) is 0 Å². The van der Waals surface area contributed by atoms with Crippen LogP contribution < -0.4 is 9.64 Å². The molecule has 0 saturated carbocycles. The quantitative estimate of drug-likeness (QED) is 0.458. The van der Waals surface area contributed by atoms with Crippen LogP contribution in [-0.2, 0) is 0 Å². The maximum Gasteiger partial charge on any atom is 0.170 e. The van der Waals surface area contributed by atoms with Crippen molar-refractivity contribution in [2.45, 2.75) is 6.10 Å². The zero-order valence-electron chi connectivity index (χ0n) is 18.2. The van der Waals surface area contributed by atoms with Gasteiger partial charge in [0.05, 0.1) is 0 Å². The Morgan fingerprint density at radius 3 is 2.48 bits per heavy atom. The lowest BCUT2D eigenvalue weighted by molar-refractivity contribution is 0.0663. The average molecular weight is 448 g/mol. The number of nitrogens with zero attached hydrogens (tertiary/aromatic N) is 3. The number of piperazine rings is 1. The minimum Gasteiger partial charge on any atom is -0.491 e. The lowest BCUT2D eigenvalue weighted by atomic mass is 10.1. The van der Waals surface area contributed by atoms with Gasteiger partial charge < -0.3 is 19.3 Å². The molecule has 0 aliphatic carbocycles. The summed E-state index contributed by atoms with van der Waals surface area (Å²) in [5.41, 5.74) is 3.17. The van der Waals surface area contributed by atoms with Crippen molar-refractivity contribution in [1.29, 1.82) is 0 Å². The van der Waals surface area contributed by atoms with Gasteiger partial charge in [-0.15, -0.1) is 0 Å². The fourth-order valence-corrected chi connectivity index (χ4v) is 4.20. The Morgan fingerprint density at radius 2 is 1.73 bits per heavy atom. The Kier molecular flexibility index (Phi) is 6.24. The highest BCUT2D eigenvalue weighted by molar-refractivity contribution is 5.91. The lowest BCUT2D eigenvalue weighted by Gasteiger charge is -2.36. The van der Waals surface area contributed by atoms with E-state index in [9.17, 15) is 9.50 Å². The topological polar surface area (TPSA) is 62.0 Å². The van der Waals surface area contributed by atoms with Crippen molar-refractivity contribution in [3.63, 3.8) is 0 Å². The number of hydrogen-bond donors (Lipinski definition) is 1. The largest absolute Gasteiger partial charge is 0.491 e. The van der Waals surface area contributed by atoms with E-state index in [2.05, 4.69) is 39.2 Å². The number of benzene rings is 3. The molecule has 4 aromatic rings. The molecule has 5 rings (SSSR count). The first-order valence-corrected chi connectivity index (χ1v) is 11.1. The Bertz CT molecular complexity index is 1190. The molecular weight excluding hydrogens is 421 g/mol. The molecule has 7 heteroatoms. The van der Waals surface area contributed by atoms with Crippen LogP contribution in [0.2, 0.25) is 0 Å². The molecular formula is C26H26FN3O3. The van der Waals surface area contributed by atoms with Gasteiger partial charge in [-0.2, -0.15) is 0 Å². The molecule has 1 saturated heterocycles. The summed E-state index contributed by atoms with van der Waals surface area (Å²) in [5, 5.41) is 15.3. The number of halogens is 1. The Morgan fingerprint density at radius 1 is 0.970 bits per heavy atom. The molecule has 0 radical (unpaired) electrons. The Balaban J connectivity index is 1.11. The third kappa shape index (κ3) is 4.99. The lowest BCUT2D eigenvalue weighted by Crippen LogP contribution is -2.49. The summed E-state index contributed by atoms with van der Waals surface area (Å²) in [7, 11) is 0. The standard InChI is InChI=1S/C26H26FN3O3/c27-20-8-11-24-25(16-20)33-28-26(24)19-6-9-23(10-7-19)32-18-22(31)17-29-12-14-30(15-13-29)21-4-2-1-3-5-21/h1-11,16,22,31H,12-15,17-18H2/t22-/m0/s1. The maximum absolute atomic E-state index is 13.4. The zero-order valence-corrected chi connectivity index (χ0v) is 18.2. The summed E-state index contributed by atoms with van der Waals surface area (Å²) in [4.78, 5) is 4.64. The fraction of sp³-hybridized carbons (Fsp3) is 0.269. The first kappa shape index (κ1) is 21.4. The summed E-state index contributed by atoms with van der Waals surface area (Å²) >= 11 is 0. The van der Waals surface area contributed by atoms with Crippen LogP contribution in [0.3, 0.4) is 0 Å². The highest BCUT2D eigenvalue weighted by Crippen LogP contribution is 2.29. The Labute approximate surface area is 191 Å². The molecule has 1 aromatic heterocycles. The normalized spacial score (nSPS) is 15.6. The molecule has 0 unspecified atom stereocenters. The fourth-order valence-electron chi connectivity index (χ4n) is 4.20. The van der Waals surface area contributed by atoms with Crippen LogP contribution >= 0.6 is 0 Å². The molecule has 1 aliphatic rings. The molecule has 0 bridgehead atoms. The molecule has 1 aliphatic heterocycles. The highest BCUT2D eigenvalue weighted by Gasteiger charge is 2.20. The number of β-amino-alcohol motifs (C(OH)–C–C–N with tert-alkyl or cyclic N) is 1. The van der Waals surface area contributed by atoms with E-state index in [0.29, 0.717) is 23.6 Å². The predicted molar refractivity (Wildman–Crippen MR) is 126 cm³/mol. The summed E-state index contributed by atoms with van der Waals surface area (Å²) in [6, 6.07) is 22.2. The number of aliphatic hydroxyl groups is 1. The zero-order chi connectivity index (χ0) is 22.6. The van der Waals surface area contributed by atoms with E-state index in [4.69, 9.17) is 9.26 Å². The molecule has 2 heterocycles. The number of aliphatic hydroxyl groups excluding tert-OH is 1. The number of para-hydroxylation sites is 1. The second-order valence-electron chi connectivity index (χ2n) is 8.28. The van der Waals surface area contributed by atoms with E-state index in [1.807, 2.05) is 30.3 Å². The van der Waals surface area contributed by atoms with Gasteiger partial charge >= 0.3 is 0 Å². The molecule has 0 spiro atoms. The second kappa shape index (κ2) is 9.60. The molecule has 170 valence electrons. The van der Waals surface area contributed by atoms with Crippen molar-refractivity contribution >= 4 is 16.7 Å². The first-order chi connectivity index (χ1) is 16.2. The monoisotopic (exact) mass is 447 g/mol. The summed E-state index contributed by atoms with van der Waals surface area (Å²) in [5.74, 6) is 0.316. The number of aromatic nitrogens is 1. The van der Waals surface area contributed by atoms with Crippen molar-refractivity contribution in [3.8, 4) is 17.0 Å². The van der Waals surface area contributed by atoms with Crippen LogP contribution in [0.5, 0.6) is 5.75 Å². The van der Waals surface area contributed by atoms with Crippen molar-refractivity contribution in [2.75, 3.05) is 44.2 Å². The summed E-state index contributed by atoms with van der Waals surface area (Å²) < 4.78 is 24.4. The minimum atomic E-state index is -0.567. The van der Waals surface area contributed by atoms with E-state index in [0.717, 1.165) is 37.1 Å². The van der Waals surface area contributed by atoms with Crippen LogP contribution in [0.15, 0.2) is 77.3 Å². The summed E-state index contributed by atoms with van der Waals surface area (Å²) in [6.07, 6.45) is -0.567. The SMILES string of the molecule is O[C@H](COc1ccc(-c2noc3cc(F)ccc23)cc1)CN1CCN(c2ccccc2)CC1. The number of ether oxygens (including phenoxy) is 1. The first-order valence-electron chi connectivity index (χ1n) is 11.1. The molecule has 0 amide bonds. The van der Waals surface area contributed by atoms with E-state index in [1.54, 1.807) is 6.07 Å². The third-order valence-electron chi connectivity index (χ3n) is 5.97. The van der Waals surface area contributed by atoms with Gasteiger partial charge in [0.2, 0.25) is 0 Å². The van der Waals surface area contributed by atoms with E-state index in [1.165, 1.54) is 17.8 Å². The van der Waals surface area contributed by atoms with Gasteiger partial charge in [-0.25, -0.2) is 4.39 Å². The molecule has 33 heavy (non-hydrogen) atoms. The number of hydrogen-bond acceptors (Lipinski definition) is 6. The second-order valence-corrected chi connectivity index (χ2v) is 8.28. The predicted octanol–water partition coefficient (Wildman–Crippen LogP) is 4.20. The minimum absolute atomic E-state index is 0.227. The molecule has 1 N–H and O–H groups in total. The smallest absolute Gasteiger partial charge is 0.170 e. The molecule has 1 atom stereocenters. The average Bonchev–Trinajstić information content (AvgIpc) is 3.27. The van der Waals surface area contributed by atoms with Gasteiger partial charge in [0, 0.05) is 55.4 Å². The molecule has 3 aromatic carbocycles. The van der Waals surface area contributed by atoms with Crippen LogP contribution in [0, 0.1) is 5.82 Å². The number of rotatable bonds is 7. The van der Waals surface area contributed by atoms with E-state index >= 15 is 0 Å². The maximum atomic E-state index is 13.4. The van der Waals surface area contributed by atoms with Crippen molar-refractivity contribution in [1.82, 2.24) is 10.1 Å². The Hall–Kier alpha value is -3.42. The van der Waals surface area contributed by atoms with Crippen molar-refractivity contribution < 1.29 is 18.8 Å². The van der Waals surface area contributed by atoms with Gasteiger partial charge in [0.1, 0.15) is 30.0 Å². The van der Waals surface area contributed by atoms with E-state index in [-0.39, 0.29) is 12.4 Å². The highest BCUT2D eigenvalue weighted by atomic mass is 19.1. The van der Waals surface area contributed by atoms with Gasteiger partial charge in [-0.3, -0.25) is 4.90 Å². The molecule has 6 nitrogen and oxygen atoms in total. The van der Waals surface area contributed by atoms with Crippen LogP contribution in [0.1, 0.15) is 0 Å². The van der Waals surface area contributed by atoms with Crippen molar-refractivity contribution in [2.24, 2.45) is 0 Å². The van der Waals surface area contributed by atoms with Crippen LogP contribution in [-0.4, -0.2) is 60.6 Å². The van der Waals surface area contributed by atoms with Crippen LogP contribution in [0.25, 0.3) is 22.2 Å². The number of anilines is 1. The van der Waals surface area contributed by atoms with Crippen LogP contribution in [0.4, 0.5) is 10.1 Å². The third-order valence-corrected chi connectivity index (χ3v) is 5.97. The van der Waals surface area contributed by atoms with Gasteiger partial charge in [0.15, 0.2) is 5.58 Å². The van der Waals surface area contributed by atoms with Gasteiger partial charge in [-0.05, 0) is 48.5 Å². The summed E-state index contributed by atoms with van der Waals surface area (Å²) in [6.45, 7) is 4.53. The van der Waals surface area contributed by atoms with Crippen molar-refractivity contribution in [3.05, 3.63) is 78.6 Å². The molecule has 1 fully saturated rings. The van der Waals surface area contributed by atoms with Gasteiger partial charge in [-0.1, -0.05) is 23.4 Å². The van der Waals surface area contributed by atoms with E-state index < -0.39 is 6.10 Å². The number of fused-ring (bicyclic) bond motifs is 1.